The second kappa shape index (κ2) is 8.75. The van der Waals surface area contributed by atoms with Gasteiger partial charge in [0.25, 0.3) is 0 Å². The number of likely N-dealkylation sites (N-methyl/N-ethyl adjacent to an activating group) is 1. The first-order valence-electron chi connectivity index (χ1n) is 6.08. The van der Waals surface area contributed by atoms with Gasteiger partial charge >= 0.3 is 0 Å². The maximum Gasteiger partial charge on any atom is 0.133 e. The van der Waals surface area contributed by atoms with Gasteiger partial charge in [0.15, 0.2) is 0 Å². The van der Waals surface area contributed by atoms with E-state index in [1.807, 2.05) is 18.2 Å². The fourth-order valence-corrected chi connectivity index (χ4v) is 2.40. The van der Waals surface area contributed by atoms with E-state index in [1.165, 1.54) is 0 Å². The molecular formula is C13H19BrClNO2. The van der Waals surface area contributed by atoms with Gasteiger partial charge in [-0.25, -0.2) is 0 Å². The molecule has 0 aromatic heterocycles. The number of ether oxygens (including phenoxy) is 1. The van der Waals surface area contributed by atoms with Crippen LogP contribution in [0, 0.1) is 0 Å². The van der Waals surface area contributed by atoms with Crippen molar-refractivity contribution in [2.75, 3.05) is 32.8 Å². The predicted octanol–water partition coefficient (Wildman–Crippen LogP) is 3.19. The lowest BCUT2D eigenvalue weighted by atomic mass is 10.3. The van der Waals surface area contributed by atoms with E-state index in [-0.39, 0.29) is 6.61 Å². The molecule has 0 saturated carbocycles. The molecule has 0 saturated heterocycles. The van der Waals surface area contributed by atoms with E-state index in [0.29, 0.717) is 11.6 Å². The predicted molar refractivity (Wildman–Crippen MR) is 78.5 cm³/mol. The van der Waals surface area contributed by atoms with Crippen molar-refractivity contribution in [1.82, 2.24) is 4.90 Å². The molecule has 0 bridgehead atoms. The number of hydrogen-bond donors (Lipinski definition) is 1. The Morgan fingerprint density at radius 3 is 2.78 bits per heavy atom. The molecule has 0 amide bonds. The van der Waals surface area contributed by atoms with Crippen molar-refractivity contribution in [3.8, 4) is 5.75 Å². The Hall–Kier alpha value is -0.290. The fourth-order valence-electron chi connectivity index (χ4n) is 1.60. The zero-order chi connectivity index (χ0) is 13.4. The van der Waals surface area contributed by atoms with Gasteiger partial charge in [-0.1, -0.05) is 18.5 Å². The summed E-state index contributed by atoms with van der Waals surface area (Å²) in [6.45, 7) is 5.68. The summed E-state index contributed by atoms with van der Waals surface area (Å²) in [7, 11) is 0. The summed E-state index contributed by atoms with van der Waals surface area (Å²) in [6.07, 6.45) is 0.804. The van der Waals surface area contributed by atoms with Crippen molar-refractivity contribution in [3.63, 3.8) is 0 Å². The molecule has 1 aromatic rings. The molecule has 0 atom stereocenters. The van der Waals surface area contributed by atoms with Gasteiger partial charge in [0, 0.05) is 24.7 Å². The number of benzene rings is 1. The van der Waals surface area contributed by atoms with Crippen LogP contribution in [0.3, 0.4) is 0 Å². The standard InChI is InChI=1S/C13H19BrClNO2/c1-2-16(6-3-8-17)7-9-18-13-5-4-11(15)10-12(13)14/h4-5,10,17H,2-3,6-9H2,1H3. The first-order valence-corrected chi connectivity index (χ1v) is 7.25. The molecule has 102 valence electrons. The van der Waals surface area contributed by atoms with Crippen molar-refractivity contribution >= 4 is 27.5 Å². The number of rotatable bonds is 8. The van der Waals surface area contributed by atoms with Gasteiger partial charge in [-0.05, 0) is 47.1 Å². The van der Waals surface area contributed by atoms with Gasteiger partial charge < -0.3 is 14.7 Å². The second-order valence-electron chi connectivity index (χ2n) is 3.93. The van der Waals surface area contributed by atoms with E-state index in [4.69, 9.17) is 21.4 Å². The number of nitrogens with zero attached hydrogens (tertiary/aromatic N) is 1. The summed E-state index contributed by atoms with van der Waals surface area (Å²) in [5.41, 5.74) is 0. The summed E-state index contributed by atoms with van der Waals surface area (Å²) < 4.78 is 6.56. The molecular weight excluding hydrogens is 318 g/mol. The summed E-state index contributed by atoms with van der Waals surface area (Å²) in [5, 5.41) is 9.49. The van der Waals surface area contributed by atoms with Crippen LogP contribution < -0.4 is 4.74 Å². The Labute approximate surface area is 122 Å². The van der Waals surface area contributed by atoms with Gasteiger partial charge in [-0.15, -0.1) is 0 Å². The van der Waals surface area contributed by atoms with Crippen LogP contribution in [0.5, 0.6) is 5.75 Å². The van der Waals surface area contributed by atoms with E-state index < -0.39 is 0 Å². The number of hydrogen-bond acceptors (Lipinski definition) is 3. The minimum Gasteiger partial charge on any atom is -0.491 e. The Bertz CT molecular complexity index is 363. The molecule has 0 aliphatic carbocycles. The monoisotopic (exact) mass is 335 g/mol. The molecule has 0 spiro atoms. The van der Waals surface area contributed by atoms with Crippen molar-refractivity contribution in [2.24, 2.45) is 0 Å². The molecule has 0 fully saturated rings. The lowest BCUT2D eigenvalue weighted by molar-refractivity contribution is 0.194. The van der Waals surface area contributed by atoms with Crippen LogP contribution in [-0.4, -0.2) is 42.9 Å². The van der Waals surface area contributed by atoms with E-state index in [0.717, 1.165) is 36.3 Å². The molecule has 3 nitrogen and oxygen atoms in total. The van der Waals surface area contributed by atoms with Crippen molar-refractivity contribution in [1.29, 1.82) is 0 Å². The zero-order valence-electron chi connectivity index (χ0n) is 10.5. The zero-order valence-corrected chi connectivity index (χ0v) is 12.9. The maximum atomic E-state index is 8.80. The van der Waals surface area contributed by atoms with Gasteiger partial charge in [0.2, 0.25) is 0 Å². The summed E-state index contributed by atoms with van der Waals surface area (Å²) in [6, 6.07) is 5.49. The van der Waals surface area contributed by atoms with E-state index in [2.05, 4.69) is 27.8 Å². The third-order valence-corrected chi connectivity index (χ3v) is 3.49. The Balaban J connectivity index is 2.35. The smallest absolute Gasteiger partial charge is 0.133 e. The molecule has 1 aromatic carbocycles. The normalized spacial score (nSPS) is 10.9. The average molecular weight is 337 g/mol. The summed E-state index contributed by atoms with van der Waals surface area (Å²) in [4.78, 5) is 2.25. The first kappa shape index (κ1) is 15.8. The SMILES string of the molecule is CCN(CCCO)CCOc1ccc(Cl)cc1Br. The first-order chi connectivity index (χ1) is 8.67. The minimum atomic E-state index is 0.236. The maximum absolute atomic E-state index is 8.80. The molecule has 0 aliphatic rings. The summed E-state index contributed by atoms with van der Waals surface area (Å²) >= 11 is 9.28. The molecule has 0 aliphatic heterocycles. The van der Waals surface area contributed by atoms with Crippen LogP contribution in [0.25, 0.3) is 0 Å². The number of aliphatic hydroxyl groups excluding tert-OH is 1. The highest BCUT2D eigenvalue weighted by molar-refractivity contribution is 9.10. The largest absolute Gasteiger partial charge is 0.491 e. The van der Waals surface area contributed by atoms with Crippen LogP contribution in [0.2, 0.25) is 5.02 Å². The lowest BCUT2D eigenvalue weighted by Crippen LogP contribution is -2.29. The number of aliphatic hydroxyl groups is 1. The average Bonchev–Trinajstić information content (AvgIpc) is 2.36. The number of halogens is 2. The Morgan fingerprint density at radius 1 is 1.39 bits per heavy atom. The van der Waals surface area contributed by atoms with Gasteiger partial charge in [-0.2, -0.15) is 0 Å². The van der Waals surface area contributed by atoms with E-state index >= 15 is 0 Å². The molecule has 0 unspecified atom stereocenters. The highest BCUT2D eigenvalue weighted by atomic mass is 79.9. The fraction of sp³-hybridized carbons (Fsp3) is 0.538. The lowest BCUT2D eigenvalue weighted by Gasteiger charge is -2.20. The van der Waals surface area contributed by atoms with Gasteiger partial charge in [-0.3, -0.25) is 0 Å². The molecule has 0 radical (unpaired) electrons. The molecule has 18 heavy (non-hydrogen) atoms. The van der Waals surface area contributed by atoms with Crippen LogP contribution in [0.4, 0.5) is 0 Å². The third-order valence-electron chi connectivity index (χ3n) is 2.64. The third kappa shape index (κ3) is 5.57. The molecule has 1 N–H and O–H groups in total. The van der Waals surface area contributed by atoms with Crippen molar-refractivity contribution in [2.45, 2.75) is 13.3 Å². The Morgan fingerprint density at radius 2 is 2.17 bits per heavy atom. The van der Waals surface area contributed by atoms with Gasteiger partial charge in [0.1, 0.15) is 12.4 Å². The highest BCUT2D eigenvalue weighted by Gasteiger charge is 2.04. The Kier molecular flexibility index (Phi) is 7.66. The van der Waals surface area contributed by atoms with Crippen molar-refractivity contribution < 1.29 is 9.84 Å². The van der Waals surface area contributed by atoms with Crippen LogP contribution >= 0.6 is 27.5 Å². The van der Waals surface area contributed by atoms with E-state index in [1.54, 1.807) is 0 Å². The highest BCUT2D eigenvalue weighted by Crippen LogP contribution is 2.27. The summed E-state index contributed by atoms with van der Waals surface area (Å²) in [5.74, 6) is 0.803. The quantitative estimate of drug-likeness (QED) is 0.791. The van der Waals surface area contributed by atoms with E-state index in [9.17, 15) is 0 Å². The van der Waals surface area contributed by atoms with Crippen LogP contribution in [-0.2, 0) is 0 Å². The molecule has 1 rings (SSSR count). The van der Waals surface area contributed by atoms with Crippen LogP contribution in [0.1, 0.15) is 13.3 Å². The molecule has 5 heteroatoms. The topological polar surface area (TPSA) is 32.7 Å². The van der Waals surface area contributed by atoms with Crippen molar-refractivity contribution in [3.05, 3.63) is 27.7 Å². The van der Waals surface area contributed by atoms with Gasteiger partial charge in [0.05, 0.1) is 4.47 Å². The minimum absolute atomic E-state index is 0.236. The molecule has 0 heterocycles. The van der Waals surface area contributed by atoms with Crippen LogP contribution in [0.15, 0.2) is 22.7 Å². The second-order valence-corrected chi connectivity index (χ2v) is 5.23.